The Labute approximate surface area is 211 Å². The number of furan rings is 1. The Morgan fingerprint density at radius 2 is 1.62 bits per heavy atom. The lowest BCUT2D eigenvalue weighted by Crippen LogP contribution is -2.21. The van der Waals surface area contributed by atoms with Crippen molar-refractivity contribution in [3.8, 4) is 11.3 Å². The summed E-state index contributed by atoms with van der Waals surface area (Å²) in [4.78, 5) is 14.4. The summed E-state index contributed by atoms with van der Waals surface area (Å²) in [5.74, 6) is 1.50. The number of anilines is 1. The highest BCUT2D eigenvalue weighted by Gasteiger charge is 2.31. The van der Waals surface area contributed by atoms with E-state index in [1.807, 2.05) is 91.0 Å². The maximum atomic E-state index is 13.4. The number of hydrogen-bond acceptors (Lipinski definition) is 4. The van der Waals surface area contributed by atoms with E-state index < -0.39 is 0 Å². The van der Waals surface area contributed by atoms with Crippen molar-refractivity contribution >= 4 is 58.3 Å². The zero-order chi connectivity index (χ0) is 23.5. The number of amides is 1. The van der Waals surface area contributed by atoms with Gasteiger partial charge in [0.2, 0.25) is 0 Å². The molecule has 0 atom stereocenters. The van der Waals surface area contributed by atoms with Gasteiger partial charge in [-0.2, -0.15) is 10.1 Å². The fourth-order valence-corrected chi connectivity index (χ4v) is 4.71. The molecule has 0 bridgehead atoms. The summed E-state index contributed by atoms with van der Waals surface area (Å²) < 4.78 is 6.02. The number of rotatable bonds is 6. The van der Waals surface area contributed by atoms with Gasteiger partial charge in [-0.15, -0.1) is 11.8 Å². The summed E-state index contributed by atoms with van der Waals surface area (Å²) in [6.07, 6.45) is 1.74. The molecule has 1 amide bonds. The van der Waals surface area contributed by atoms with Crippen LogP contribution in [0, 0.1) is 0 Å². The summed E-state index contributed by atoms with van der Waals surface area (Å²) in [5.41, 5.74) is 2.67. The Hall–Kier alpha value is -3.25. The molecular weight excluding hydrogens is 487 g/mol. The number of carbonyl (C=O) groups excluding carboxylic acids is 1. The van der Waals surface area contributed by atoms with E-state index in [2.05, 4.69) is 5.10 Å². The van der Waals surface area contributed by atoms with Crippen LogP contribution in [0.3, 0.4) is 0 Å². The smallest absolute Gasteiger partial charge is 0.280 e. The molecule has 0 spiro atoms. The van der Waals surface area contributed by atoms with Crippen LogP contribution < -0.4 is 5.01 Å². The molecule has 1 aliphatic rings. The van der Waals surface area contributed by atoms with Crippen LogP contribution in [0.15, 0.2) is 111 Å². The minimum Gasteiger partial charge on any atom is -0.457 e. The van der Waals surface area contributed by atoms with E-state index in [1.165, 1.54) is 5.01 Å². The van der Waals surface area contributed by atoms with Crippen LogP contribution in [0.5, 0.6) is 0 Å². The van der Waals surface area contributed by atoms with Gasteiger partial charge in [-0.3, -0.25) is 4.79 Å². The highest BCUT2D eigenvalue weighted by molar-refractivity contribution is 8.00. The molecule has 0 unspecified atom stereocenters. The van der Waals surface area contributed by atoms with Gasteiger partial charge < -0.3 is 4.42 Å². The highest BCUT2D eigenvalue weighted by atomic mass is 35.5. The normalized spacial score (nSPS) is 14.6. The molecule has 168 valence electrons. The van der Waals surface area contributed by atoms with Crippen LogP contribution in [0.4, 0.5) is 5.69 Å². The van der Waals surface area contributed by atoms with Gasteiger partial charge in [0.25, 0.3) is 5.91 Å². The summed E-state index contributed by atoms with van der Waals surface area (Å²) in [6, 6.07) is 28.1. The number of hydrogen-bond donors (Lipinski definition) is 0. The van der Waals surface area contributed by atoms with Crippen molar-refractivity contribution in [1.82, 2.24) is 0 Å². The molecule has 4 aromatic rings. The maximum absolute atomic E-state index is 13.4. The number of halogens is 2. The maximum Gasteiger partial charge on any atom is 0.280 e. The van der Waals surface area contributed by atoms with E-state index >= 15 is 0 Å². The number of thioether (sulfide) groups is 1. The van der Waals surface area contributed by atoms with Crippen molar-refractivity contribution in [2.45, 2.75) is 4.90 Å². The van der Waals surface area contributed by atoms with Crippen molar-refractivity contribution in [3.05, 3.63) is 112 Å². The third-order valence-electron chi connectivity index (χ3n) is 5.20. The first-order valence-corrected chi connectivity index (χ1v) is 12.2. The van der Waals surface area contributed by atoms with Crippen LogP contribution in [0.25, 0.3) is 17.4 Å². The average Bonchev–Trinajstić information content (AvgIpc) is 3.45. The lowest BCUT2D eigenvalue weighted by Gasteiger charge is -2.10. The molecule has 4 nitrogen and oxygen atoms in total. The van der Waals surface area contributed by atoms with Gasteiger partial charge in [-0.05, 0) is 66.7 Å². The first kappa shape index (κ1) is 22.5. The van der Waals surface area contributed by atoms with Crippen LogP contribution >= 0.6 is 35.0 Å². The molecule has 0 aliphatic carbocycles. The summed E-state index contributed by atoms with van der Waals surface area (Å²) in [6.45, 7) is 0. The third-order valence-corrected chi connectivity index (χ3v) is 6.80. The predicted molar refractivity (Wildman–Crippen MR) is 141 cm³/mol. The molecule has 0 saturated carbocycles. The van der Waals surface area contributed by atoms with Crippen LogP contribution in [-0.4, -0.2) is 17.4 Å². The minimum absolute atomic E-state index is 0.200. The van der Waals surface area contributed by atoms with Crippen LogP contribution in [-0.2, 0) is 4.79 Å². The zero-order valence-electron chi connectivity index (χ0n) is 17.8. The Bertz CT molecular complexity index is 1400. The van der Waals surface area contributed by atoms with Gasteiger partial charge in [-0.25, -0.2) is 0 Å². The predicted octanol–water partition coefficient (Wildman–Crippen LogP) is 7.83. The average molecular weight is 505 g/mol. The molecule has 1 aromatic heterocycles. The minimum atomic E-state index is -0.200. The molecule has 0 radical (unpaired) electrons. The van der Waals surface area contributed by atoms with Gasteiger partial charge in [0, 0.05) is 21.2 Å². The summed E-state index contributed by atoms with van der Waals surface area (Å²) in [5, 5.41) is 7.37. The Balaban J connectivity index is 1.46. The monoisotopic (exact) mass is 504 g/mol. The molecule has 0 fully saturated rings. The topological polar surface area (TPSA) is 45.8 Å². The SMILES string of the molecule is O=C1C(=Cc2ccc(-c3ccccc3Cl)o2)C(CSc2ccc(Cl)cc2)=NN1c1ccccc1. The first-order valence-electron chi connectivity index (χ1n) is 10.5. The van der Waals surface area contributed by atoms with E-state index in [0.29, 0.717) is 44.3 Å². The van der Waals surface area contributed by atoms with Crippen molar-refractivity contribution in [2.75, 3.05) is 10.8 Å². The fourth-order valence-electron chi connectivity index (χ4n) is 3.51. The summed E-state index contributed by atoms with van der Waals surface area (Å²) >= 11 is 13.9. The fraction of sp³-hybridized carbons (Fsp3) is 0.0370. The van der Waals surface area contributed by atoms with Gasteiger partial charge in [0.15, 0.2) is 0 Å². The second kappa shape index (κ2) is 9.94. The number of nitrogens with zero attached hydrogens (tertiary/aromatic N) is 2. The van der Waals surface area contributed by atoms with Crippen LogP contribution in [0.2, 0.25) is 10.0 Å². The molecule has 34 heavy (non-hydrogen) atoms. The lowest BCUT2D eigenvalue weighted by molar-refractivity contribution is -0.114. The van der Waals surface area contributed by atoms with Crippen molar-refractivity contribution in [2.24, 2.45) is 5.10 Å². The molecule has 7 heteroatoms. The van der Waals surface area contributed by atoms with E-state index in [1.54, 1.807) is 17.8 Å². The molecule has 0 N–H and O–H groups in total. The number of carbonyl (C=O) groups is 1. The molecule has 1 aliphatic heterocycles. The number of hydrazone groups is 1. The molecule has 3 aromatic carbocycles. The Kier molecular flexibility index (Phi) is 6.59. The van der Waals surface area contributed by atoms with Gasteiger partial charge in [0.05, 0.1) is 22.0 Å². The Morgan fingerprint density at radius 1 is 0.882 bits per heavy atom. The van der Waals surface area contributed by atoms with Crippen LogP contribution in [0.1, 0.15) is 5.76 Å². The lowest BCUT2D eigenvalue weighted by atomic mass is 10.1. The van der Waals surface area contributed by atoms with E-state index in [-0.39, 0.29) is 5.91 Å². The molecule has 5 rings (SSSR count). The van der Waals surface area contributed by atoms with Crippen molar-refractivity contribution in [3.63, 3.8) is 0 Å². The van der Waals surface area contributed by atoms with E-state index in [4.69, 9.17) is 27.6 Å². The van der Waals surface area contributed by atoms with Crippen molar-refractivity contribution in [1.29, 1.82) is 0 Å². The van der Waals surface area contributed by atoms with Crippen molar-refractivity contribution < 1.29 is 9.21 Å². The van der Waals surface area contributed by atoms with Gasteiger partial charge in [0.1, 0.15) is 11.5 Å². The number of para-hydroxylation sites is 1. The van der Waals surface area contributed by atoms with Gasteiger partial charge >= 0.3 is 0 Å². The Morgan fingerprint density at radius 3 is 2.38 bits per heavy atom. The second-order valence-electron chi connectivity index (χ2n) is 7.48. The van der Waals surface area contributed by atoms with E-state index in [9.17, 15) is 4.79 Å². The molecular formula is C27H18Cl2N2O2S. The second-order valence-corrected chi connectivity index (χ2v) is 9.37. The molecule has 2 heterocycles. The zero-order valence-corrected chi connectivity index (χ0v) is 20.1. The first-order chi connectivity index (χ1) is 16.6. The standard InChI is InChI=1S/C27H18Cl2N2O2S/c28-18-10-13-21(14-11-18)34-17-25-23(27(32)31(30-25)19-6-2-1-3-7-19)16-20-12-15-26(33-20)22-8-4-5-9-24(22)29/h1-16H,17H2. The van der Waals surface area contributed by atoms with E-state index in [0.717, 1.165) is 10.5 Å². The third kappa shape index (κ3) is 4.82. The highest BCUT2D eigenvalue weighted by Crippen LogP contribution is 2.32. The molecule has 0 saturated heterocycles. The number of benzene rings is 3. The largest absolute Gasteiger partial charge is 0.457 e. The quantitative estimate of drug-likeness (QED) is 0.198. The van der Waals surface area contributed by atoms with Gasteiger partial charge in [-0.1, -0.05) is 53.5 Å². The summed E-state index contributed by atoms with van der Waals surface area (Å²) in [7, 11) is 0.